The smallest absolute Gasteiger partial charge is 0.399 e. The molecular weight excluding hydrogens is 348 g/mol. The largest absolute Gasteiger partial charge is 0.494 e. The van der Waals surface area contributed by atoms with E-state index in [-0.39, 0.29) is 6.42 Å². The van der Waals surface area contributed by atoms with Gasteiger partial charge >= 0.3 is 11.9 Å². The zero-order valence-electron chi connectivity index (χ0n) is 15.8. The summed E-state index contributed by atoms with van der Waals surface area (Å²) >= 11 is 0. The van der Waals surface area contributed by atoms with E-state index in [0.717, 1.165) is 24.2 Å². The topological polar surface area (TPSA) is 108 Å². The minimum atomic E-state index is -1.77. The van der Waals surface area contributed by atoms with E-state index >= 15 is 0 Å². The quantitative estimate of drug-likeness (QED) is 0.330. The van der Waals surface area contributed by atoms with Crippen LogP contribution in [0.2, 0.25) is 0 Å². The predicted molar refractivity (Wildman–Crippen MR) is 99.8 cm³/mol. The number of carbonyl (C=O) groups excluding carboxylic acids is 3. The van der Waals surface area contributed by atoms with Crippen LogP contribution in [0.4, 0.5) is 0 Å². The molecule has 1 heterocycles. The maximum absolute atomic E-state index is 11.7. The van der Waals surface area contributed by atoms with Gasteiger partial charge in [0, 0.05) is 6.42 Å². The van der Waals surface area contributed by atoms with E-state index in [9.17, 15) is 14.4 Å². The first-order valence-corrected chi connectivity index (χ1v) is 9.54. The number of nitrogens with one attached hydrogen (secondary N) is 1. The van der Waals surface area contributed by atoms with Gasteiger partial charge in [0.15, 0.2) is 0 Å². The van der Waals surface area contributed by atoms with Crippen LogP contribution < -0.4 is 15.8 Å². The molecule has 2 rings (SSSR count). The molecule has 0 spiro atoms. The predicted octanol–water partition coefficient (Wildman–Crippen LogP) is 2.21. The highest BCUT2D eigenvalue weighted by Crippen LogP contribution is 2.23. The molecule has 1 fully saturated rings. The normalized spacial score (nSPS) is 18.9. The average molecular weight is 376 g/mol. The van der Waals surface area contributed by atoms with Crippen LogP contribution in [0.15, 0.2) is 24.3 Å². The van der Waals surface area contributed by atoms with Crippen LogP contribution in [0.3, 0.4) is 0 Å². The van der Waals surface area contributed by atoms with Gasteiger partial charge in [0.1, 0.15) is 5.75 Å². The van der Waals surface area contributed by atoms with E-state index in [1.807, 2.05) is 24.3 Å². The molecule has 1 aromatic carbocycles. The minimum absolute atomic E-state index is 0.0701. The number of hydrogen-bond donors (Lipinski definition) is 2. The Hall–Kier alpha value is -2.57. The number of aryl methyl sites for hydroxylation is 1. The number of cyclic esters (lactones) is 1. The van der Waals surface area contributed by atoms with Crippen molar-refractivity contribution in [3.8, 4) is 5.75 Å². The molecule has 0 saturated carbocycles. The summed E-state index contributed by atoms with van der Waals surface area (Å²) in [6.07, 6.45) is 7.66. The monoisotopic (exact) mass is 376 g/mol. The number of ether oxygens (including phenoxy) is 2. The van der Waals surface area contributed by atoms with Crippen molar-refractivity contribution >= 4 is 17.8 Å². The van der Waals surface area contributed by atoms with Gasteiger partial charge in [-0.3, -0.25) is 9.59 Å². The van der Waals surface area contributed by atoms with Crippen molar-refractivity contribution in [3.05, 3.63) is 29.8 Å². The van der Waals surface area contributed by atoms with E-state index < -0.39 is 23.5 Å². The molecule has 1 atom stereocenters. The molecule has 1 saturated heterocycles. The number of primary amides is 1. The number of amides is 2. The van der Waals surface area contributed by atoms with Gasteiger partial charge in [-0.15, -0.1) is 0 Å². The first-order chi connectivity index (χ1) is 13.0. The summed E-state index contributed by atoms with van der Waals surface area (Å²) in [5.74, 6) is -2.19. The summed E-state index contributed by atoms with van der Waals surface area (Å²) in [7, 11) is 0. The van der Waals surface area contributed by atoms with Crippen LogP contribution in [-0.2, 0) is 25.5 Å². The maximum atomic E-state index is 11.7. The van der Waals surface area contributed by atoms with Crippen LogP contribution in [0.25, 0.3) is 0 Å². The number of rotatable bonds is 12. The molecule has 2 amide bonds. The Bertz CT molecular complexity index is 658. The third-order valence-corrected chi connectivity index (χ3v) is 4.60. The molecule has 0 radical (unpaired) electrons. The molecule has 3 N–H and O–H groups in total. The fourth-order valence-electron chi connectivity index (χ4n) is 3.00. The Morgan fingerprint density at radius 1 is 1.19 bits per heavy atom. The molecule has 0 aromatic heterocycles. The maximum Gasteiger partial charge on any atom is 0.399 e. The lowest BCUT2D eigenvalue weighted by molar-refractivity contribution is -0.160. The van der Waals surface area contributed by atoms with Gasteiger partial charge in [-0.05, 0) is 30.5 Å². The van der Waals surface area contributed by atoms with Gasteiger partial charge in [0.05, 0.1) is 6.61 Å². The fraction of sp³-hybridized carbons (Fsp3) is 0.550. The second kappa shape index (κ2) is 9.94. The first kappa shape index (κ1) is 20.7. The highest BCUT2D eigenvalue weighted by atomic mass is 16.6. The summed E-state index contributed by atoms with van der Waals surface area (Å²) < 4.78 is 10.7. The molecule has 0 bridgehead atoms. The van der Waals surface area contributed by atoms with Gasteiger partial charge in [0.25, 0.3) is 11.6 Å². The SMILES string of the molecule is CCCCCCCCOc1cccc(CCC2(C(N)=O)NC(=O)C(=O)O2)c1. The third kappa shape index (κ3) is 5.98. The lowest BCUT2D eigenvalue weighted by Gasteiger charge is -2.23. The molecule has 1 aromatic rings. The molecule has 148 valence electrons. The number of carbonyl (C=O) groups is 3. The number of unbranched alkanes of at least 4 members (excludes halogenated alkanes) is 5. The van der Waals surface area contributed by atoms with Gasteiger partial charge < -0.3 is 20.5 Å². The second-order valence-corrected chi connectivity index (χ2v) is 6.80. The lowest BCUT2D eigenvalue weighted by Crippen LogP contribution is -2.54. The van der Waals surface area contributed by atoms with Crippen molar-refractivity contribution in [2.24, 2.45) is 5.73 Å². The van der Waals surface area contributed by atoms with Crippen molar-refractivity contribution in [2.75, 3.05) is 6.61 Å². The summed E-state index contributed by atoms with van der Waals surface area (Å²) in [5, 5.41) is 2.25. The third-order valence-electron chi connectivity index (χ3n) is 4.60. The Labute approximate surface area is 159 Å². The van der Waals surface area contributed by atoms with Crippen LogP contribution in [0.1, 0.15) is 57.4 Å². The molecule has 7 heteroatoms. The average Bonchev–Trinajstić information content (AvgIpc) is 2.95. The highest BCUT2D eigenvalue weighted by molar-refractivity contribution is 6.35. The van der Waals surface area contributed by atoms with Gasteiger partial charge in [-0.25, -0.2) is 4.79 Å². The Morgan fingerprint density at radius 3 is 2.59 bits per heavy atom. The molecule has 7 nitrogen and oxygen atoms in total. The van der Waals surface area contributed by atoms with Gasteiger partial charge in [-0.1, -0.05) is 51.2 Å². The van der Waals surface area contributed by atoms with Gasteiger partial charge in [-0.2, -0.15) is 0 Å². The lowest BCUT2D eigenvalue weighted by atomic mass is 10.0. The minimum Gasteiger partial charge on any atom is -0.494 e. The zero-order valence-corrected chi connectivity index (χ0v) is 15.8. The van der Waals surface area contributed by atoms with Crippen LogP contribution >= 0.6 is 0 Å². The van der Waals surface area contributed by atoms with Crippen molar-refractivity contribution in [1.29, 1.82) is 0 Å². The summed E-state index contributed by atoms with van der Waals surface area (Å²) in [4.78, 5) is 34.4. The fourth-order valence-corrected chi connectivity index (χ4v) is 3.00. The molecule has 1 aliphatic rings. The number of nitrogens with two attached hydrogens (primary N) is 1. The first-order valence-electron chi connectivity index (χ1n) is 9.54. The van der Waals surface area contributed by atoms with Crippen molar-refractivity contribution in [1.82, 2.24) is 5.32 Å². The number of esters is 1. The van der Waals surface area contributed by atoms with Crippen LogP contribution in [0.5, 0.6) is 5.75 Å². The molecular formula is C20H28N2O5. The summed E-state index contributed by atoms with van der Waals surface area (Å²) in [6, 6.07) is 7.50. The van der Waals surface area contributed by atoms with E-state index in [1.165, 1.54) is 25.7 Å². The number of benzene rings is 1. The standard InChI is InChI=1S/C20H28N2O5/c1-2-3-4-5-6-7-13-26-16-10-8-9-15(14-16)11-12-20(19(21)25)22-17(23)18(24)27-20/h8-10,14H,2-7,11-13H2,1H3,(H2,21,25)(H,22,23). The van der Waals surface area contributed by atoms with Crippen molar-refractivity contribution < 1.29 is 23.9 Å². The van der Waals surface area contributed by atoms with Gasteiger partial charge in [0.2, 0.25) is 0 Å². The summed E-state index contributed by atoms with van der Waals surface area (Å²) in [6.45, 7) is 2.86. The van der Waals surface area contributed by atoms with Crippen LogP contribution in [0, 0.1) is 0 Å². The zero-order chi connectivity index (χ0) is 19.7. The molecule has 1 aliphatic heterocycles. The molecule has 0 aliphatic carbocycles. The summed E-state index contributed by atoms with van der Waals surface area (Å²) in [5.41, 5.74) is 4.44. The van der Waals surface area contributed by atoms with E-state index in [4.69, 9.17) is 15.2 Å². The molecule has 27 heavy (non-hydrogen) atoms. The Kier molecular flexibility index (Phi) is 7.64. The van der Waals surface area contributed by atoms with E-state index in [1.54, 1.807) is 0 Å². The van der Waals surface area contributed by atoms with Crippen molar-refractivity contribution in [3.63, 3.8) is 0 Å². The Morgan fingerprint density at radius 2 is 1.93 bits per heavy atom. The van der Waals surface area contributed by atoms with Crippen molar-refractivity contribution in [2.45, 2.75) is 64.0 Å². The number of hydrogen-bond acceptors (Lipinski definition) is 5. The second-order valence-electron chi connectivity index (χ2n) is 6.80. The van der Waals surface area contributed by atoms with Crippen LogP contribution in [-0.4, -0.2) is 30.1 Å². The Balaban J connectivity index is 1.82. The molecule has 1 unspecified atom stereocenters. The van der Waals surface area contributed by atoms with E-state index in [0.29, 0.717) is 13.0 Å². The van der Waals surface area contributed by atoms with E-state index in [2.05, 4.69) is 12.2 Å². The highest BCUT2D eigenvalue weighted by Gasteiger charge is 2.50.